The molecule has 0 aliphatic carbocycles. The molecule has 1 aliphatic rings. The van der Waals surface area contributed by atoms with Crippen molar-refractivity contribution in [3.63, 3.8) is 0 Å². The molecule has 1 amide bonds. The number of anilines is 2. The molecular formula is C19H19N3OS. The zero-order chi connectivity index (χ0) is 17.3. The van der Waals surface area contributed by atoms with Gasteiger partial charge in [-0.1, -0.05) is 24.3 Å². The molecule has 0 aromatic heterocycles. The predicted octanol–water partition coefficient (Wildman–Crippen LogP) is 3.32. The van der Waals surface area contributed by atoms with Crippen LogP contribution in [0.5, 0.6) is 0 Å². The van der Waals surface area contributed by atoms with E-state index in [9.17, 15) is 4.79 Å². The topological polar surface area (TPSA) is 35.6 Å². The third-order valence-corrected chi connectivity index (χ3v) is 4.14. The minimum absolute atomic E-state index is 0.137. The molecule has 0 radical (unpaired) electrons. The fraction of sp³-hybridized carbons (Fsp3) is 0.158. The molecule has 0 bridgehead atoms. The van der Waals surface area contributed by atoms with E-state index in [1.54, 1.807) is 0 Å². The Morgan fingerprint density at radius 1 is 1.12 bits per heavy atom. The zero-order valence-electron chi connectivity index (χ0n) is 13.9. The van der Waals surface area contributed by atoms with Crippen molar-refractivity contribution < 1.29 is 4.79 Å². The molecule has 24 heavy (non-hydrogen) atoms. The Labute approximate surface area is 147 Å². The molecule has 1 fully saturated rings. The van der Waals surface area contributed by atoms with Crippen molar-refractivity contribution >= 4 is 40.7 Å². The van der Waals surface area contributed by atoms with E-state index in [-0.39, 0.29) is 5.91 Å². The van der Waals surface area contributed by atoms with E-state index < -0.39 is 0 Å². The zero-order valence-corrected chi connectivity index (χ0v) is 14.7. The summed E-state index contributed by atoms with van der Waals surface area (Å²) in [6, 6.07) is 15.7. The van der Waals surface area contributed by atoms with Gasteiger partial charge in [0, 0.05) is 19.8 Å². The van der Waals surface area contributed by atoms with Crippen LogP contribution in [0.1, 0.15) is 11.1 Å². The average Bonchev–Trinajstić information content (AvgIpc) is 2.82. The van der Waals surface area contributed by atoms with E-state index in [0.717, 1.165) is 22.5 Å². The van der Waals surface area contributed by atoms with Crippen molar-refractivity contribution in [1.82, 2.24) is 5.32 Å². The summed E-state index contributed by atoms with van der Waals surface area (Å²) in [4.78, 5) is 16.3. The largest absolute Gasteiger partial charge is 0.378 e. The molecule has 1 aliphatic heterocycles. The van der Waals surface area contributed by atoms with Crippen LogP contribution in [0.4, 0.5) is 11.4 Å². The molecule has 0 atom stereocenters. The second kappa shape index (κ2) is 6.45. The summed E-state index contributed by atoms with van der Waals surface area (Å²) < 4.78 is 0. The smallest absolute Gasteiger partial charge is 0.281 e. The molecule has 4 nitrogen and oxygen atoms in total. The molecule has 122 valence electrons. The van der Waals surface area contributed by atoms with Gasteiger partial charge >= 0.3 is 0 Å². The van der Waals surface area contributed by atoms with Gasteiger partial charge in [-0.25, -0.2) is 0 Å². The number of nitrogens with zero attached hydrogens (tertiary/aromatic N) is 2. The van der Waals surface area contributed by atoms with Gasteiger partial charge in [-0.05, 0) is 60.6 Å². The number of aryl methyl sites for hydroxylation is 1. The Morgan fingerprint density at radius 3 is 2.46 bits per heavy atom. The molecule has 1 saturated heterocycles. The second-order valence-electron chi connectivity index (χ2n) is 5.95. The summed E-state index contributed by atoms with van der Waals surface area (Å²) >= 11 is 5.34. The van der Waals surface area contributed by atoms with Crippen LogP contribution in [0.25, 0.3) is 6.08 Å². The van der Waals surface area contributed by atoms with Crippen LogP contribution >= 0.6 is 12.2 Å². The van der Waals surface area contributed by atoms with Gasteiger partial charge in [-0.3, -0.25) is 9.69 Å². The van der Waals surface area contributed by atoms with Crippen molar-refractivity contribution in [2.45, 2.75) is 6.92 Å². The SMILES string of the molecule is Cc1cccc(N2C(=O)/C(=C\c3ccc(N(C)C)cc3)NC2=S)c1. The first-order valence-corrected chi connectivity index (χ1v) is 8.08. The van der Waals surface area contributed by atoms with Gasteiger partial charge in [0.05, 0.1) is 5.69 Å². The number of carbonyl (C=O) groups is 1. The van der Waals surface area contributed by atoms with Crippen LogP contribution in [-0.4, -0.2) is 25.1 Å². The Hall–Kier alpha value is -2.66. The van der Waals surface area contributed by atoms with E-state index in [1.165, 1.54) is 4.90 Å². The second-order valence-corrected chi connectivity index (χ2v) is 6.34. The highest BCUT2D eigenvalue weighted by molar-refractivity contribution is 7.80. The van der Waals surface area contributed by atoms with Crippen molar-refractivity contribution in [2.75, 3.05) is 23.9 Å². The maximum absolute atomic E-state index is 12.7. The van der Waals surface area contributed by atoms with E-state index in [2.05, 4.69) is 5.32 Å². The van der Waals surface area contributed by atoms with Gasteiger partial charge in [0.25, 0.3) is 5.91 Å². The monoisotopic (exact) mass is 337 g/mol. The summed E-state index contributed by atoms with van der Waals surface area (Å²) in [6.07, 6.45) is 1.82. The first-order valence-electron chi connectivity index (χ1n) is 7.67. The van der Waals surface area contributed by atoms with Gasteiger partial charge in [0.1, 0.15) is 5.70 Å². The van der Waals surface area contributed by atoms with Crippen molar-refractivity contribution in [2.24, 2.45) is 0 Å². The Bertz CT molecular complexity index is 825. The summed E-state index contributed by atoms with van der Waals surface area (Å²) in [6.45, 7) is 1.99. The van der Waals surface area contributed by atoms with Crippen LogP contribution < -0.4 is 15.1 Å². The van der Waals surface area contributed by atoms with Gasteiger partial charge < -0.3 is 10.2 Å². The number of benzene rings is 2. The first-order chi connectivity index (χ1) is 11.5. The third-order valence-electron chi connectivity index (χ3n) is 3.86. The Kier molecular flexibility index (Phi) is 4.36. The lowest BCUT2D eigenvalue weighted by atomic mass is 10.1. The lowest BCUT2D eigenvalue weighted by Crippen LogP contribution is -2.30. The fourth-order valence-corrected chi connectivity index (χ4v) is 2.87. The quantitative estimate of drug-likeness (QED) is 0.688. The number of rotatable bonds is 3. The van der Waals surface area contributed by atoms with Crippen LogP contribution in [0, 0.1) is 6.92 Å². The van der Waals surface area contributed by atoms with Crippen molar-refractivity contribution in [3.05, 3.63) is 65.4 Å². The number of hydrogen-bond acceptors (Lipinski definition) is 3. The molecule has 2 aromatic rings. The highest BCUT2D eigenvalue weighted by Crippen LogP contribution is 2.23. The van der Waals surface area contributed by atoms with Gasteiger partial charge in [0.15, 0.2) is 5.11 Å². The highest BCUT2D eigenvalue weighted by Gasteiger charge is 2.31. The Morgan fingerprint density at radius 2 is 1.83 bits per heavy atom. The summed E-state index contributed by atoms with van der Waals surface area (Å²) in [5.41, 5.74) is 4.41. The van der Waals surface area contributed by atoms with Crippen LogP contribution in [-0.2, 0) is 4.79 Å². The maximum atomic E-state index is 12.7. The minimum Gasteiger partial charge on any atom is -0.378 e. The summed E-state index contributed by atoms with van der Waals surface area (Å²) in [7, 11) is 3.99. The van der Waals surface area contributed by atoms with E-state index >= 15 is 0 Å². The molecule has 1 N–H and O–H groups in total. The van der Waals surface area contributed by atoms with Gasteiger partial charge in [0.2, 0.25) is 0 Å². The minimum atomic E-state index is -0.137. The molecule has 0 saturated carbocycles. The van der Waals surface area contributed by atoms with E-state index in [1.807, 2.05) is 80.5 Å². The van der Waals surface area contributed by atoms with Gasteiger partial charge in [-0.15, -0.1) is 0 Å². The maximum Gasteiger partial charge on any atom is 0.281 e. The van der Waals surface area contributed by atoms with Crippen LogP contribution in [0.2, 0.25) is 0 Å². The average molecular weight is 337 g/mol. The molecule has 0 unspecified atom stereocenters. The molecule has 3 rings (SSSR count). The number of nitrogens with one attached hydrogen (secondary N) is 1. The highest BCUT2D eigenvalue weighted by atomic mass is 32.1. The molecule has 1 heterocycles. The van der Waals surface area contributed by atoms with Gasteiger partial charge in [-0.2, -0.15) is 0 Å². The third kappa shape index (κ3) is 3.16. The number of thiocarbonyl (C=S) groups is 1. The normalized spacial score (nSPS) is 15.8. The lowest BCUT2D eigenvalue weighted by molar-refractivity contribution is -0.113. The van der Waals surface area contributed by atoms with Crippen molar-refractivity contribution in [1.29, 1.82) is 0 Å². The number of carbonyl (C=O) groups excluding carboxylic acids is 1. The van der Waals surface area contributed by atoms with Crippen LogP contribution in [0.15, 0.2) is 54.2 Å². The molecule has 5 heteroatoms. The predicted molar refractivity (Wildman–Crippen MR) is 103 cm³/mol. The van der Waals surface area contributed by atoms with Crippen LogP contribution in [0.3, 0.4) is 0 Å². The molecular weight excluding hydrogens is 318 g/mol. The molecule has 0 spiro atoms. The number of hydrogen-bond donors (Lipinski definition) is 1. The van der Waals surface area contributed by atoms with Crippen molar-refractivity contribution in [3.8, 4) is 0 Å². The fourth-order valence-electron chi connectivity index (χ4n) is 2.57. The summed E-state index contributed by atoms with van der Waals surface area (Å²) in [5, 5.41) is 3.42. The number of amides is 1. The summed E-state index contributed by atoms with van der Waals surface area (Å²) in [5.74, 6) is -0.137. The Balaban J connectivity index is 1.88. The molecule has 2 aromatic carbocycles. The van der Waals surface area contributed by atoms with E-state index in [4.69, 9.17) is 12.2 Å². The lowest BCUT2D eigenvalue weighted by Gasteiger charge is -2.14. The first kappa shape index (κ1) is 16.2. The van der Waals surface area contributed by atoms with E-state index in [0.29, 0.717) is 10.8 Å². The standard InChI is InChI=1S/C19H19N3OS/c1-13-5-4-6-16(11-13)22-18(23)17(20-19(22)24)12-14-7-9-15(10-8-14)21(2)3/h4-12H,1-3H3,(H,20,24)/b17-12+.